The molecule has 0 aromatic heterocycles. The number of aryl methyl sites for hydroxylation is 1. The summed E-state index contributed by atoms with van der Waals surface area (Å²) in [6, 6.07) is 7.59. The van der Waals surface area contributed by atoms with E-state index in [2.05, 4.69) is 21.2 Å². The molecular weight excluding hydrogens is 327 g/mol. The number of benzene rings is 2. The van der Waals surface area contributed by atoms with Gasteiger partial charge in [-0.2, -0.15) is 0 Å². The van der Waals surface area contributed by atoms with E-state index in [0.717, 1.165) is 16.1 Å². The molecule has 0 aliphatic carbocycles. The highest BCUT2D eigenvalue weighted by atomic mass is 79.9. The predicted molar refractivity (Wildman–Crippen MR) is 79.9 cm³/mol. The molecule has 0 spiro atoms. The topological polar surface area (TPSA) is 75.3 Å². The Bertz CT molecular complexity index is 689. The molecule has 2 aromatic rings. The fraction of sp³-hybridized carbons (Fsp3) is 0.0714. The minimum atomic E-state index is -1.20. The molecule has 0 saturated carbocycles. The third-order valence-corrected chi connectivity index (χ3v) is 3.67. The maximum atomic E-state index is 13.8. The number of hydrogen-bond acceptors (Lipinski definition) is 3. The summed E-state index contributed by atoms with van der Waals surface area (Å²) in [6.45, 7) is 1.93. The van der Waals surface area contributed by atoms with Crippen LogP contribution in [-0.2, 0) is 0 Å². The molecule has 104 valence electrons. The second kappa shape index (κ2) is 5.50. The van der Waals surface area contributed by atoms with Gasteiger partial charge >= 0.3 is 5.97 Å². The van der Waals surface area contributed by atoms with Crippen molar-refractivity contribution in [1.82, 2.24) is 0 Å². The minimum Gasteiger partial charge on any atom is -0.478 e. The average molecular weight is 339 g/mol. The van der Waals surface area contributed by atoms with Crippen LogP contribution < -0.4 is 11.1 Å². The van der Waals surface area contributed by atoms with E-state index in [4.69, 9.17) is 10.8 Å². The Morgan fingerprint density at radius 2 is 2.05 bits per heavy atom. The van der Waals surface area contributed by atoms with Crippen LogP contribution in [0.1, 0.15) is 15.9 Å². The quantitative estimate of drug-likeness (QED) is 0.741. The van der Waals surface area contributed by atoms with Crippen molar-refractivity contribution in [2.45, 2.75) is 6.92 Å². The Balaban J connectivity index is 2.40. The number of halogens is 2. The van der Waals surface area contributed by atoms with Crippen molar-refractivity contribution in [3.63, 3.8) is 0 Å². The van der Waals surface area contributed by atoms with Crippen LogP contribution in [0.2, 0.25) is 0 Å². The number of anilines is 3. The lowest BCUT2D eigenvalue weighted by Gasteiger charge is -2.11. The van der Waals surface area contributed by atoms with E-state index in [1.807, 2.05) is 13.0 Å². The lowest BCUT2D eigenvalue weighted by atomic mass is 10.1. The Hall–Kier alpha value is -2.08. The average Bonchev–Trinajstić information content (AvgIpc) is 2.36. The normalized spacial score (nSPS) is 10.3. The maximum Gasteiger partial charge on any atom is 0.337 e. The van der Waals surface area contributed by atoms with Crippen molar-refractivity contribution >= 4 is 39.0 Å². The third-order valence-electron chi connectivity index (χ3n) is 2.82. The van der Waals surface area contributed by atoms with E-state index in [1.165, 1.54) is 6.07 Å². The van der Waals surface area contributed by atoms with Gasteiger partial charge in [-0.1, -0.05) is 22.0 Å². The Morgan fingerprint density at radius 1 is 1.35 bits per heavy atom. The van der Waals surface area contributed by atoms with Crippen molar-refractivity contribution in [3.05, 3.63) is 51.7 Å². The molecule has 0 aliphatic rings. The van der Waals surface area contributed by atoms with Crippen LogP contribution >= 0.6 is 15.9 Å². The first-order valence-electron chi connectivity index (χ1n) is 5.74. The van der Waals surface area contributed by atoms with Crippen molar-refractivity contribution in [1.29, 1.82) is 0 Å². The molecule has 2 aromatic carbocycles. The molecule has 4 nitrogen and oxygen atoms in total. The number of carbonyl (C=O) groups is 1. The Labute approximate surface area is 123 Å². The van der Waals surface area contributed by atoms with E-state index in [1.54, 1.807) is 12.1 Å². The van der Waals surface area contributed by atoms with Crippen LogP contribution in [0.15, 0.2) is 34.8 Å². The molecular formula is C14H12BrFN2O2. The third kappa shape index (κ3) is 2.91. The van der Waals surface area contributed by atoms with E-state index < -0.39 is 11.8 Å². The molecule has 0 amide bonds. The molecule has 0 saturated heterocycles. The number of carboxylic acids is 1. The second-order valence-electron chi connectivity index (χ2n) is 4.31. The largest absolute Gasteiger partial charge is 0.478 e. The molecule has 20 heavy (non-hydrogen) atoms. The first-order chi connectivity index (χ1) is 9.38. The molecule has 4 N–H and O–H groups in total. The number of nitrogens with one attached hydrogen (secondary N) is 1. The van der Waals surface area contributed by atoms with Gasteiger partial charge in [0.25, 0.3) is 0 Å². The van der Waals surface area contributed by atoms with Crippen molar-refractivity contribution < 1.29 is 14.3 Å². The van der Waals surface area contributed by atoms with Gasteiger partial charge in [0.15, 0.2) is 0 Å². The molecule has 0 aliphatic heterocycles. The summed E-state index contributed by atoms with van der Waals surface area (Å²) in [6.07, 6.45) is 0. The zero-order valence-corrected chi connectivity index (χ0v) is 12.2. The van der Waals surface area contributed by atoms with Crippen LogP contribution in [-0.4, -0.2) is 11.1 Å². The number of aromatic carboxylic acids is 1. The van der Waals surface area contributed by atoms with Crippen molar-refractivity contribution in [2.24, 2.45) is 0 Å². The van der Waals surface area contributed by atoms with Gasteiger partial charge in [0, 0.05) is 15.8 Å². The molecule has 6 heteroatoms. The lowest BCUT2D eigenvalue weighted by Crippen LogP contribution is -2.05. The summed E-state index contributed by atoms with van der Waals surface area (Å²) in [7, 11) is 0. The molecule has 0 unspecified atom stereocenters. The number of nitrogens with two attached hydrogens (primary N) is 1. The number of carboxylic acid groups (broad SMARTS) is 1. The first-order valence-corrected chi connectivity index (χ1v) is 6.53. The van der Waals surface area contributed by atoms with Gasteiger partial charge in [0.2, 0.25) is 0 Å². The maximum absolute atomic E-state index is 13.8. The minimum absolute atomic E-state index is 0.0624. The van der Waals surface area contributed by atoms with E-state index in [0.29, 0.717) is 5.69 Å². The van der Waals surface area contributed by atoms with Gasteiger partial charge < -0.3 is 16.2 Å². The number of nitrogen functional groups attached to an aromatic ring is 1. The van der Waals surface area contributed by atoms with E-state index in [9.17, 15) is 9.18 Å². The smallest absolute Gasteiger partial charge is 0.337 e. The zero-order valence-electron chi connectivity index (χ0n) is 10.6. The van der Waals surface area contributed by atoms with Gasteiger partial charge in [-0.05, 0) is 36.8 Å². The summed E-state index contributed by atoms with van der Waals surface area (Å²) in [4.78, 5) is 11.0. The van der Waals surface area contributed by atoms with E-state index >= 15 is 0 Å². The van der Waals surface area contributed by atoms with Gasteiger partial charge in [-0.3, -0.25) is 0 Å². The van der Waals surface area contributed by atoms with Gasteiger partial charge in [-0.15, -0.1) is 0 Å². The standard InChI is InChI=1S/C14H12BrFN2O2/c1-7-2-3-8(4-10(7)15)18-13-5-9(14(19)20)12(17)6-11(13)16/h2-6,18H,17H2,1H3,(H,19,20). The molecule has 0 bridgehead atoms. The molecule has 2 rings (SSSR count). The molecule has 0 fully saturated rings. The predicted octanol–water partition coefficient (Wildman–Crippen LogP) is 3.92. The van der Waals surface area contributed by atoms with Crippen LogP contribution in [0, 0.1) is 12.7 Å². The monoisotopic (exact) mass is 338 g/mol. The summed E-state index contributed by atoms with van der Waals surface area (Å²) in [5.41, 5.74) is 6.97. The van der Waals surface area contributed by atoms with Crippen LogP contribution in [0.5, 0.6) is 0 Å². The van der Waals surface area contributed by atoms with Crippen LogP contribution in [0.3, 0.4) is 0 Å². The van der Waals surface area contributed by atoms with Crippen molar-refractivity contribution in [3.8, 4) is 0 Å². The number of hydrogen-bond donors (Lipinski definition) is 3. The molecule has 0 radical (unpaired) electrons. The van der Waals surface area contributed by atoms with Gasteiger partial charge in [0.05, 0.1) is 11.3 Å². The van der Waals surface area contributed by atoms with Crippen LogP contribution in [0.25, 0.3) is 0 Å². The zero-order chi connectivity index (χ0) is 14.9. The van der Waals surface area contributed by atoms with Gasteiger partial charge in [0.1, 0.15) is 5.82 Å². The highest BCUT2D eigenvalue weighted by molar-refractivity contribution is 9.10. The Morgan fingerprint density at radius 3 is 2.65 bits per heavy atom. The summed E-state index contributed by atoms with van der Waals surface area (Å²) in [5, 5.41) is 11.8. The van der Waals surface area contributed by atoms with Crippen LogP contribution in [0.4, 0.5) is 21.5 Å². The highest BCUT2D eigenvalue weighted by Gasteiger charge is 2.13. The Kier molecular flexibility index (Phi) is 3.94. The molecule has 0 heterocycles. The first kappa shape index (κ1) is 14.3. The summed E-state index contributed by atoms with van der Waals surface area (Å²) >= 11 is 3.38. The molecule has 0 atom stereocenters. The van der Waals surface area contributed by atoms with Gasteiger partial charge in [-0.25, -0.2) is 9.18 Å². The van der Waals surface area contributed by atoms with Crippen molar-refractivity contribution in [2.75, 3.05) is 11.1 Å². The fourth-order valence-corrected chi connectivity index (χ4v) is 2.07. The summed E-state index contributed by atoms with van der Waals surface area (Å²) < 4.78 is 14.7. The number of rotatable bonds is 3. The SMILES string of the molecule is Cc1ccc(Nc2cc(C(=O)O)c(N)cc2F)cc1Br. The summed E-state index contributed by atoms with van der Waals surface area (Å²) in [5.74, 6) is -1.81. The lowest BCUT2D eigenvalue weighted by molar-refractivity contribution is 0.0698. The highest BCUT2D eigenvalue weighted by Crippen LogP contribution is 2.27. The van der Waals surface area contributed by atoms with E-state index in [-0.39, 0.29) is 16.9 Å². The fourth-order valence-electron chi connectivity index (χ4n) is 1.70. The second-order valence-corrected chi connectivity index (χ2v) is 5.17.